The zero-order valence-corrected chi connectivity index (χ0v) is 13.6. The Morgan fingerprint density at radius 1 is 1.43 bits per heavy atom. The van der Waals surface area contributed by atoms with Gasteiger partial charge in [0.2, 0.25) is 0 Å². The number of aliphatic carboxylic acids is 1. The van der Waals surface area contributed by atoms with E-state index in [0.29, 0.717) is 18.7 Å². The summed E-state index contributed by atoms with van der Waals surface area (Å²) in [6.07, 6.45) is -0.185. The largest absolute Gasteiger partial charge is 0.481 e. The SMILES string of the molecule is C[C@@H](Oc1ccccc1Br)C(=O)N1CC[C@](C)(C(=O)O)C1. The van der Waals surface area contributed by atoms with Gasteiger partial charge in [-0.3, -0.25) is 9.59 Å². The zero-order chi connectivity index (χ0) is 15.6. The molecule has 1 saturated heterocycles. The average molecular weight is 356 g/mol. The Kier molecular flexibility index (Phi) is 4.56. The maximum Gasteiger partial charge on any atom is 0.311 e. The Hall–Kier alpha value is -1.56. The lowest BCUT2D eigenvalue weighted by atomic mass is 9.90. The number of rotatable bonds is 4. The highest BCUT2D eigenvalue weighted by molar-refractivity contribution is 9.10. The number of para-hydroxylation sites is 1. The molecule has 114 valence electrons. The molecule has 0 radical (unpaired) electrons. The molecule has 0 saturated carbocycles. The van der Waals surface area contributed by atoms with E-state index in [1.807, 2.05) is 18.2 Å². The summed E-state index contributed by atoms with van der Waals surface area (Å²) in [6, 6.07) is 7.31. The molecule has 6 heteroatoms. The van der Waals surface area contributed by atoms with Gasteiger partial charge in [-0.05, 0) is 48.3 Å². The Balaban J connectivity index is 2.01. The number of ether oxygens (including phenoxy) is 1. The molecule has 1 fully saturated rings. The van der Waals surface area contributed by atoms with E-state index in [9.17, 15) is 14.7 Å². The van der Waals surface area contributed by atoms with Gasteiger partial charge in [0.25, 0.3) is 5.91 Å². The Labute approximate surface area is 132 Å². The van der Waals surface area contributed by atoms with Gasteiger partial charge in [-0.15, -0.1) is 0 Å². The first-order valence-corrected chi connectivity index (χ1v) is 7.56. The molecule has 1 aliphatic rings. The van der Waals surface area contributed by atoms with Crippen molar-refractivity contribution in [2.75, 3.05) is 13.1 Å². The molecule has 2 rings (SSSR count). The normalized spacial score (nSPS) is 22.9. The number of likely N-dealkylation sites (tertiary alicyclic amines) is 1. The maximum absolute atomic E-state index is 12.4. The quantitative estimate of drug-likeness (QED) is 0.900. The molecule has 1 amide bonds. The lowest BCUT2D eigenvalue weighted by molar-refractivity contribution is -0.147. The number of amides is 1. The van der Waals surface area contributed by atoms with Gasteiger partial charge in [0, 0.05) is 13.1 Å². The Morgan fingerprint density at radius 3 is 2.67 bits per heavy atom. The van der Waals surface area contributed by atoms with Crippen LogP contribution in [-0.4, -0.2) is 41.1 Å². The molecule has 2 atom stereocenters. The van der Waals surface area contributed by atoms with E-state index in [-0.39, 0.29) is 12.5 Å². The van der Waals surface area contributed by atoms with Crippen LogP contribution in [0.15, 0.2) is 28.7 Å². The van der Waals surface area contributed by atoms with Crippen LogP contribution in [0.5, 0.6) is 5.75 Å². The van der Waals surface area contributed by atoms with Crippen molar-refractivity contribution >= 4 is 27.8 Å². The van der Waals surface area contributed by atoms with Crippen molar-refractivity contribution in [2.45, 2.75) is 26.4 Å². The molecular formula is C15H18BrNO4. The minimum Gasteiger partial charge on any atom is -0.481 e. The van der Waals surface area contributed by atoms with Crippen LogP contribution in [0.2, 0.25) is 0 Å². The van der Waals surface area contributed by atoms with Gasteiger partial charge in [-0.25, -0.2) is 0 Å². The van der Waals surface area contributed by atoms with E-state index >= 15 is 0 Å². The van der Waals surface area contributed by atoms with E-state index in [1.54, 1.807) is 24.8 Å². The van der Waals surface area contributed by atoms with Crippen molar-refractivity contribution in [1.29, 1.82) is 0 Å². The smallest absolute Gasteiger partial charge is 0.311 e. The summed E-state index contributed by atoms with van der Waals surface area (Å²) in [5.74, 6) is -0.452. The molecule has 0 spiro atoms. The second-order valence-electron chi connectivity index (χ2n) is 5.57. The molecule has 0 bridgehead atoms. The lowest BCUT2D eigenvalue weighted by Gasteiger charge is -2.23. The first-order chi connectivity index (χ1) is 9.83. The maximum atomic E-state index is 12.4. The summed E-state index contributed by atoms with van der Waals surface area (Å²) in [6.45, 7) is 4.02. The number of nitrogens with zero attached hydrogens (tertiary/aromatic N) is 1. The molecular weight excluding hydrogens is 338 g/mol. The Morgan fingerprint density at radius 2 is 2.10 bits per heavy atom. The third kappa shape index (κ3) is 3.37. The van der Waals surface area contributed by atoms with Crippen molar-refractivity contribution in [3.8, 4) is 5.75 Å². The molecule has 1 aliphatic heterocycles. The van der Waals surface area contributed by atoms with E-state index in [1.165, 1.54) is 0 Å². The van der Waals surface area contributed by atoms with Gasteiger partial charge in [-0.1, -0.05) is 12.1 Å². The highest BCUT2D eigenvalue weighted by atomic mass is 79.9. The second-order valence-corrected chi connectivity index (χ2v) is 6.42. The topological polar surface area (TPSA) is 66.8 Å². The molecule has 0 aromatic heterocycles. The summed E-state index contributed by atoms with van der Waals surface area (Å²) < 4.78 is 6.44. The summed E-state index contributed by atoms with van der Waals surface area (Å²) in [5.41, 5.74) is -0.858. The lowest BCUT2D eigenvalue weighted by Crippen LogP contribution is -2.41. The number of carboxylic acids is 1. The van der Waals surface area contributed by atoms with Gasteiger partial charge < -0.3 is 14.7 Å². The minimum absolute atomic E-state index is 0.185. The highest BCUT2D eigenvalue weighted by Crippen LogP contribution is 2.31. The van der Waals surface area contributed by atoms with Gasteiger partial charge >= 0.3 is 5.97 Å². The first kappa shape index (κ1) is 15.8. The number of carboxylic acid groups (broad SMARTS) is 1. The molecule has 1 N–H and O–H groups in total. The molecule has 1 heterocycles. The molecule has 0 unspecified atom stereocenters. The van der Waals surface area contributed by atoms with Crippen LogP contribution in [0.1, 0.15) is 20.3 Å². The van der Waals surface area contributed by atoms with Crippen LogP contribution in [-0.2, 0) is 9.59 Å². The fraction of sp³-hybridized carbons (Fsp3) is 0.467. The van der Waals surface area contributed by atoms with E-state index in [2.05, 4.69) is 15.9 Å². The molecule has 21 heavy (non-hydrogen) atoms. The van der Waals surface area contributed by atoms with Crippen LogP contribution < -0.4 is 4.74 Å². The predicted octanol–water partition coefficient (Wildman–Crippen LogP) is 2.54. The summed E-state index contributed by atoms with van der Waals surface area (Å²) in [5, 5.41) is 9.21. The van der Waals surface area contributed by atoms with Gasteiger partial charge in [0.05, 0.1) is 9.89 Å². The number of halogens is 1. The number of hydrogen-bond acceptors (Lipinski definition) is 3. The summed E-state index contributed by atoms with van der Waals surface area (Å²) in [7, 11) is 0. The zero-order valence-electron chi connectivity index (χ0n) is 12.0. The number of carbonyl (C=O) groups excluding carboxylic acids is 1. The molecule has 1 aromatic carbocycles. The van der Waals surface area contributed by atoms with Crippen molar-refractivity contribution in [3.05, 3.63) is 28.7 Å². The number of carbonyl (C=O) groups is 2. The van der Waals surface area contributed by atoms with Crippen molar-refractivity contribution in [2.24, 2.45) is 5.41 Å². The summed E-state index contributed by atoms with van der Waals surface area (Å²) >= 11 is 3.37. The standard InChI is InChI=1S/C15H18BrNO4/c1-10(21-12-6-4-3-5-11(12)16)13(18)17-8-7-15(2,9-17)14(19)20/h3-6,10H,7-9H2,1-2H3,(H,19,20)/t10-,15+/m1/s1. The second kappa shape index (κ2) is 6.05. The molecule has 0 aliphatic carbocycles. The van der Waals surface area contributed by atoms with Crippen LogP contribution >= 0.6 is 15.9 Å². The number of hydrogen-bond donors (Lipinski definition) is 1. The van der Waals surface area contributed by atoms with Gasteiger partial charge in [0.15, 0.2) is 6.10 Å². The Bertz CT molecular complexity index is 562. The van der Waals surface area contributed by atoms with E-state index < -0.39 is 17.5 Å². The van der Waals surface area contributed by atoms with E-state index in [4.69, 9.17) is 4.74 Å². The van der Waals surface area contributed by atoms with Crippen molar-refractivity contribution in [3.63, 3.8) is 0 Å². The minimum atomic E-state index is -0.864. The van der Waals surface area contributed by atoms with Crippen molar-refractivity contribution < 1.29 is 19.4 Å². The first-order valence-electron chi connectivity index (χ1n) is 6.77. The molecule has 1 aromatic rings. The van der Waals surface area contributed by atoms with E-state index in [0.717, 1.165) is 4.47 Å². The highest BCUT2D eigenvalue weighted by Gasteiger charge is 2.43. The average Bonchev–Trinajstić information content (AvgIpc) is 2.84. The van der Waals surface area contributed by atoms with Gasteiger partial charge in [0.1, 0.15) is 5.75 Å². The fourth-order valence-electron chi connectivity index (χ4n) is 2.36. The van der Waals surface area contributed by atoms with Crippen LogP contribution in [0.4, 0.5) is 0 Å². The monoisotopic (exact) mass is 355 g/mol. The van der Waals surface area contributed by atoms with Gasteiger partial charge in [-0.2, -0.15) is 0 Å². The summed E-state index contributed by atoms with van der Waals surface area (Å²) in [4.78, 5) is 25.2. The van der Waals surface area contributed by atoms with Crippen LogP contribution in [0.3, 0.4) is 0 Å². The fourth-order valence-corrected chi connectivity index (χ4v) is 2.74. The molecule has 5 nitrogen and oxygen atoms in total. The predicted molar refractivity (Wildman–Crippen MR) is 81.2 cm³/mol. The third-order valence-electron chi connectivity index (χ3n) is 3.79. The van der Waals surface area contributed by atoms with Crippen molar-refractivity contribution in [1.82, 2.24) is 4.90 Å². The van der Waals surface area contributed by atoms with Crippen LogP contribution in [0.25, 0.3) is 0 Å². The third-order valence-corrected chi connectivity index (χ3v) is 4.44. The van der Waals surface area contributed by atoms with Crippen LogP contribution in [0, 0.1) is 5.41 Å². The number of benzene rings is 1.